The second kappa shape index (κ2) is 6.93. The fraction of sp³-hybridized carbons (Fsp3) is 0.200. The van der Waals surface area contributed by atoms with Crippen LogP contribution >= 0.6 is 39.0 Å². The van der Waals surface area contributed by atoms with Crippen LogP contribution in [0, 0.1) is 5.82 Å². The van der Waals surface area contributed by atoms with E-state index in [1.807, 2.05) is 17.5 Å². The molecule has 1 aromatic carbocycles. The van der Waals surface area contributed by atoms with Gasteiger partial charge in [-0.25, -0.2) is 4.39 Å². The number of aromatic nitrogens is 3. The van der Waals surface area contributed by atoms with Crippen LogP contribution in [0.1, 0.15) is 12.5 Å². The molecule has 0 unspecified atom stereocenters. The summed E-state index contributed by atoms with van der Waals surface area (Å²) in [5.41, 5.74) is 1.04. The Morgan fingerprint density at radius 3 is 2.86 bits per heavy atom. The van der Waals surface area contributed by atoms with Crippen molar-refractivity contribution in [2.45, 2.75) is 24.4 Å². The molecule has 0 aliphatic heterocycles. The van der Waals surface area contributed by atoms with Crippen LogP contribution in [0.4, 0.5) is 4.39 Å². The molecule has 0 radical (unpaired) electrons. The monoisotopic (exact) mass is 397 g/mol. The van der Waals surface area contributed by atoms with Crippen molar-refractivity contribution in [2.75, 3.05) is 0 Å². The second-order valence-electron chi connectivity index (χ2n) is 4.55. The molecule has 2 aromatic heterocycles. The largest absolute Gasteiger partial charge is 0.302 e. The molecule has 0 bridgehead atoms. The Kier molecular flexibility index (Phi) is 4.95. The van der Waals surface area contributed by atoms with Crippen LogP contribution in [0.2, 0.25) is 0 Å². The zero-order chi connectivity index (χ0) is 15.5. The number of thioether (sulfide) groups is 1. The van der Waals surface area contributed by atoms with Gasteiger partial charge in [-0.2, -0.15) is 0 Å². The van der Waals surface area contributed by atoms with Crippen molar-refractivity contribution in [3.05, 3.63) is 51.6 Å². The van der Waals surface area contributed by atoms with Gasteiger partial charge in [0.25, 0.3) is 0 Å². The molecule has 22 heavy (non-hydrogen) atoms. The SMILES string of the molecule is CCn1c(SCc2ccc(F)cc2Br)nnc1-c1cccs1. The number of nitrogens with zero attached hydrogens (tertiary/aromatic N) is 3. The number of thiophene rings is 1. The molecule has 0 amide bonds. The molecule has 3 aromatic rings. The van der Waals surface area contributed by atoms with Crippen LogP contribution in [0.5, 0.6) is 0 Å². The maximum Gasteiger partial charge on any atom is 0.191 e. The van der Waals surface area contributed by atoms with Crippen molar-refractivity contribution in [3.8, 4) is 10.7 Å². The molecule has 3 nitrogen and oxygen atoms in total. The van der Waals surface area contributed by atoms with E-state index in [0.717, 1.165) is 32.4 Å². The summed E-state index contributed by atoms with van der Waals surface area (Å²) >= 11 is 6.66. The van der Waals surface area contributed by atoms with Crippen molar-refractivity contribution in [1.29, 1.82) is 0 Å². The van der Waals surface area contributed by atoms with Crippen LogP contribution in [0.15, 0.2) is 45.3 Å². The van der Waals surface area contributed by atoms with Crippen LogP contribution < -0.4 is 0 Å². The van der Waals surface area contributed by atoms with E-state index in [9.17, 15) is 4.39 Å². The Morgan fingerprint density at radius 2 is 2.18 bits per heavy atom. The highest BCUT2D eigenvalue weighted by molar-refractivity contribution is 9.10. The molecule has 0 saturated carbocycles. The summed E-state index contributed by atoms with van der Waals surface area (Å²) in [5, 5.41) is 11.5. The number of rotatable bonds is 5. The van der Waals surface area contributed by atoms with Crippen molar-refractivity contribution in [2.24, 2.45) is 0 Å². The van der Waals surface area contributed by atoms with Gasteiger partial charge in [-0.3, -0.25) is 0 Å². The minimum atomic E-state index is -0.239. The third kappa shape index (κ3) is 3.26. The molecule has 7 heteroatoms. The van der Waals surface area contributed by atoms with E-state index in [2.05, 4.69) is 37.6 Å². The Bertz CT molecular complexity index is 771. The average molecular weight is 398 g/mol. The predicted octanol–water partition coefficient (Wildman–Crippen LogP) is 5.22. The van der Waals surface area contributed by atoms with Gasteiger partial charge in [0, 0.05) is 16.8 Å². The zero-order valence-corrected chi connectivity index (χ0v) is 15.0. The summed E-state index contributed by atoms with van der Waals surface area (Å²) in [5.74, 6) is 1.37. The van der Waals surface area contributed by atoms with Gasteiger partial charge in [0.2, 0.25) is 0 Å². The lowest BCUT2D eigenvalue weighted by Gasteiger charge is -2.07. The number of benzene rings is 1. The summed E-state index contributed by atoms with van der Waals surface area (Å²) in [4.78, 5) is 1.11. The highest BCUT2D eigenvalue weighted by Gasteiger charge is 2.14. The normalized spacial score (nSPS) is 11.0. The molecular weight excluding hydrogens is 385 g/mol. The Balaban J connectivity index is 1.81. The van der Waals surface area contributed by atoms with Crippen molar-refractivity contribution in [3.63, 3.8) is 0 Å². The summed E-state index contributed by atoms with van der Waals surface area (Å²) in [7, 11) is 0. The summed E-state index contributed by atoms with van der Waals surface area (Å²) in [6, 6.07) is 8.81. The van der Waals surface area contributed by atoms with Gasteiger partial charge in [-0.15, -0.1) is 21.5 Å². The molecule has 3 rings (SSSR count). The first-order valence-electron chi connectivity index (χ1n) is 6.73. The molecule has 2 heterocycles. The van der Waals surface area contributed by atoms with Gasteiger partial charge < -0.3 is 4.57 Å². The quantitative estimate of drug-likeness (QED) is 0.552. The van der Waals surface area contributed by atoms with Crippen LogP contribution in [0.3, 0.4) is 0 Å². The second-order valence-corrected chi connectivity index (χ2v) is 7.30. The van der Waals surface area contributed by atoms with Gasteiger partial charge in [0.1, 0.15) is 5.82 Å². The van der Waals surface area contributed by atoms with E-state index < -0.39 is 0 Å². The van der Waals surface area contributed by atoms with Crippen LogP contribution in [-0.4, -0.2) is 14.8 Å². The van der Waals surface area contributed by atoms with Crippen molar-refractivity contribution >= 4 is 39.0 Å². The third-order valence-corrected chi connectivity index (χ3v) is 5.77. The standard InChI is InChI=1S/C15H13BrFN3S2/c1-2-20-14(13-4-3-7-21-13)18-19-15(20)22-9-10-5-6-11(17)8-12(10)16/h3-8H,2,9H2,1H3. The molecule has 114 valence electrons. The minimum absolute atomic E-state index is 0.239. The summed E-state index contributed by atoms with van der Waals surface area (Å²) in [6.45, 7) is 2.89. The van der Waals surface area contributed by atoms with E-state index >= 15 is 0 Å². The van der Waals surface area contributed by atoms with Gasteiger partial charge in [0.15, 0.2) is 11.0 Å². The van der Waals surface area contributed by atoms with Crippen LogP contribution in [-0.2, 0) is 12.3 Å². The maximum atomic E-state index is 13.1. The van der Waals surface area contributed by atoms with E-state index in [1.54, 1.807) is 29.2 Å². The Morgan fingerprint density at radius 1 is 1.32 bits per heavy atom. The van der Waals surface area contributed by atoms with Crippen molar-refractivity contribution in [1.82, 2.24) is 14.8 Å². The van der Waals surface area contributed by atoms with Gasteiger partial charge >= 0.3 is 0 Å². The van der Waals surface area contributed by atoms with E-state index in [0.29, 0.717) is 5.75 Å². The van der Waals surface area contributed by atoms with Gasteiger partial charge in [0.05, 0.1) is 4.88 Å². The molecule has 0 saturated heterocycles. The van der Waals surface area contributed by atoms with E-state index in [4.69, 9.17) is 0 Å². The summed E-state index contributed by atoms with van der Waals surface area (Å²) in [6.07, 6.45) is 0. The number of halogens is 2. The summed E-state index contributed by atoms with van der Waals surface area (Å²) < 4.78 is 16.0. The zero-order valence-electron chi connectivity index (χ0n) is 11.8. The van der Waals surface area contributed by atoms with Crippen LogP contribution in [0.25, 0.3) is 10.7 Å². The molecule has 0 N–H and O–H groups in total. The molecule has 0 fully saturated rings. The highest BCUT2D eigenvalue weighted by atomic mass is 79.9. The number of hydrogen-bond acceptors (Lipinski definition) is 4. The van der Waals surface area contributed by atoms with Crippen molar-refractivity contribution < 1.29 is 4.39 Å². The van der Waals surface area contributed by atoms with Gasteiger partial charge in [-0.05, 0) is 36.1 Å². The molecular formula is C15H13BrFN3S2. The maximum absolute atomic E-state index is 13.1. The fourth-order valence-electron chi connectivity index (χ4n) is 2.05. The predicted molar refractivity (Wildman–Crippen MR) is 92.7 cm³/mol. The molecule has 0 atom stereocenters. The molecule has 0 spiro atoms. The van der Waals surface area contributed by atoms with E-state index in [-0.39, 0.29) is 5.82 Å². The highest BCUT2D eigenvalue weighted by Crippen LogP contribution is 2.30. The first-order chi connectivity index (χ1) is 10.7. The Labute approximate surface area is 144 Å². The lowest BCUT2D eigenvalue weighted by atomic mass is 10.2. The Hall–Kier alpha value is -1.18. The topological polar surface area (TPSA) is 30.7 Å². The number of hydrogen-bond donors (Lipinski definition) is 0. The minimum Gasteiger partial charge on any atom is -0.302 e. The lowest BCUT2D eigenvalue weighted by Crippen LogP contribution is -1.99. The molecule has 0 aliphatic rings. The fourth-order valence-corrected chi connectivity index (χ4v) is 4.45. The third-order valence-electron chi connectivity index (χ3n) is 3.15. The lowest BCUT2D eigenvalue weighted by molar-refractivity contribution is 0.626. The molecule has 0 aliphatic carbocycles. The van der Waals surface area contributed by atoms with E-state index in [1.165, 1.54) is 12.1 Å². The first kappa shape index (κ1) is 15.7. The average Bonchev–Trinajstić information content (AvgIpc) is 3.15. The van der Waals surface area contributed by atoms with Gasteiger partial charge in [-0.1, -0.05) is 39.8 Å². The first-order valence-corrected chi connectivity index (χ1v) is 9.38. The smallest absolute Gasteiger partial charge is 0.191 e.